The summed E-state index contributed by atoms with van der Waals surface area (Å²) < 4.78 is 1.09. The molecule has 3 aromatic rings. The van der Waals surface area contributed by atoms with Crippen LogP contribution >= 0.6 is 27.5 Å². The molecule has 1 aromatic heterocycles. The van der Waals surface area contributed by atoms with Crippen LogP contribution in [0.2, 0.25) is 5.02 Å². The molecule has 0 amide bonds. The number of rotatable bonds is 3. The number of nitrogens with zero attached hydrogens (tertiary/aromatic N) is 1. The van der Waals surface area contributed by atoms with Crippen molar-refractivity contribution in [3.05, 3.63) is 69.8 Å². The molecule has 0 saturated carbocycles. The summed E-state index contributed by atoms with van der Waals surface area (Å²) in [5, 5.41) is 5.20. The Morgan fingerprint density at radius 3 is 2.71 bits per heavy atom. The van der Waals surface area contributed by atoms with E-state index in [1.807, 2.05) is 42.5 Å². The largest absolute Gasteiger partial charge is 0.377 e. The molecule has 0 radical (unpaired) electrons. The second kappa shape index (κ2) is 6.04. The predicted molar refractivity (Wildman–Crippen MR) is 92.9 cm³/mol. The van der Waals surface area contributed by atoms with Crippen LogP contribution in [0.5, 0.6) is 0 Å². The van der Waals surface area contributed by atoms with Gasteiger partial charge in [0.2, 0.25) is 0 Å². The summed E-state index contributed by atoms with van der Waals surface area (Å²) in [4.78, 5) is 4.45. The SMILES string of the molecule is CC(Nc1ccc(Cl)c2cccnc12)c1ccccc1Br. The molecule has 3 rings (SSSR count). The molecule has 1 atom stereocenters. The fourth-order valence-electron chi connectivity index (χ4n) is 2.39. The maximum Gasteiger partial charge on any atom is 0.0948 e. The first-order valence-electron chi connectivity index (χ1n) is 6.71. The molecule has 0 aliphatic carbocycles. The van der Waals surface area contributed by atoms with E-state index < -0.39 is 0 Å². The average Bonchev–Trinajstić information content (AvgIpc) is 2.51. The molecule has 0 aliphatic heterocycles. The summed E-state index contributed by atoms with van der Waals surface area (Å²) in [6.07, 6.45) is 1.78. The first-order valence-corrected chi connectivity index (χ1v) is 7.88. The van der Waals surface area contributed by atoms with Gasteiger partial charge in [0.25, 0.3) is 0 Å². The highest BCUT2D eigenvalue weighted by atomic mass is 79.9. The van der Waals surface area contributed by atoms with Gasteiger partial charge in [-0.2, -0.15) is 0 Å². The van der Waals surface area contributed by atoms with Gasteiger partial charge in [-0.3, -0.25) is 4.98 Å². The third kappa shape index (κ3) is 2.89. The Morgan fingerprint density at radius 1 is 1.10 bits per heavy atom. The lowest BCUT2D eigenvalue weighted by Gasteiger charge is -2.18. The van der Waals surface area contributed by atoms with Gasteiger partial charge in [0.05, 0.1) is 16.2 Å². The first-order chi connectivity index (χ1) is 10.2. The number of hydrogen-bond acceptors (Lipinski definition) is 2. The highest BCUT2D eigenvalue weighted by Crippen LogP contribution is 2.31. The molecule has 2 aromatic carbocycles. The van der Waals surface area contributed by atoms with Crippen molar-refractivity contribution in [1.82, 2.24) is 4.98 Å². The molecule has 21 heavy (non-hydrogen) atoms. The van der Waals surface area contributed by atoms with E-state index in [9.17, 15) is 0 Å². The Kier molecular flexibility index (Phi) is 4.13. The maximum atomic E-state index is 6.23. The van der Waals surface area contributed by atoms with E-state index in [1.54, 1.807) is 6.20 Å². The van der Waals surface area contributed by atoms with Crippen LogP contribution in [-0.2, 0) is 0 Å². The summed E-state index contributed by atoms with van der Waals surface area (Å²) in [6.45, 7) is 2.13. The van der Waals surface area contributed by atoms with Gasteiger partial charge in [-0.1, -0.05) is 45.7 Å². The minimum Gasteiger partial charge on any atom is -0.377 e. The number of fused-ring (bicyclic) bond motifs is 1. The van der Waals surface area contributed by atoms with Crippen molar-refractivity contribution in [3.8, 4) is 0 Å². The Balaban J connectivity index is 1.99. The van der Waals surface area contributed by atoms with Crippen LogP contribution in [0.3, 0.4) is 0 Å². The highest BCUT2D eigenvalue weighted by Gasteiger charge is 2.11. The minimum absolute atomic E-state index is 0.159. The third-order valence-corrected chi connectivity index (χ3v) is 4.51. The summed E-state index contributed by atoms with van der Waals surface area (Å²) in [7, 11) is 0. The van der Waals surface area contributed by atoms with Gasteiger partial charge in [0, 0.05) is 22.1 Å². The maximum absolute atomic E-state index is 6.23. The Labute approximate surface area is 137 Å². The number of benzene rings is 2. The van der Waals surface area contributed by atoms with Crippen LogP contribution in [0, 0.1) is 0 Å². The van der Waals surface area contributed by atoms with Crippen LogP contribution in [0.25, 0.3) is 10.9 Å². The quantitative estimate of drug-likeness (QED) is 0.635. The van der Waals surface area contributed by atoms with Crippen molar-refractivity contribution in [2.24, 2.45) is 0 Å². The van der Waals surface area contributed by atoms with Crippen molar-refractivity contribution in [1.29, 1.82) is 0 Å². The zero-order chi connectivity index (χ0) is 14.8. The van der Waals surface area contributed by atoms with Gasteiger partial charge in [-0.15, -0.1) is 0 Å². The number of aromatic nitrogens is 1. The van der Waals surface area contributed by atoms with Crippen LogP contribution in [0.15, 0.2) is 59.2 Å². The second-order valence-electron chi connectivity index (χ2n) is 4.88. The Hall–Kier alpha value is -1.58. The molecule has 1 unspecified atom stereocenters. The topological polar surface area (TPSA) is 24.9 Å². The van der Waals surface area contributed by atoms with Crippen molar-refractivity contribution < 1.29 is 0 Å². The molecule has 106 valence electrons. The number of anilines is 1. The van der Waals surface area contributed by atoms with Crippen molar-refractivity contribution in [2.45, 2.75) is 13.0 Å². The fraction of sp³-hybridized carbons (Fsp3) is 0.118. The van der Waals surface area contributed by atoms with E-state index in [0.29, 0.717) is 0 Å². The number of nitrogens with one attached hydrogen (secondary N) is 1. The molecule has 0 saturated heterocycles. The van der Waals surface area contributed by atoms with E-state index in [0.717, 1.165) is 26.1 Å². The summed E-state index contributed by atoms with van der Waals surface area (Å²) >= 11 is 9.83. The number of hydrogen-bond donors (Lipinski definition) is 1. The predicted octanol–water partition coefficient (Wildman–Crippen LogP) is 5.82. The minimum atomic E-state index is 0.159. The molecular weight excluding hydrogens is 348 g/mol. The smallest absolute Gasteiger partial charge is 0.0948 e. The molecule has 1 heterocycles. The van der Waals surface area contributed by atoms with Crippen LogP contribution in [0.4, 0.5) is 5.69 Å². The van der Waals surface area contributed by atoms with Crippen LogP contribution in [0.1, 0.15) is 18.5 Å². The van der Waals surface area contributed by atoms with Gasteiger partial charge in [-0.25, -0.2) is 0 Å². The Bertz CT molecular complexity index is 789. The van der Waals surface area contributed by atoms with Gasteiger partial charge < -0.3 is 5.32 Å². The van der Waals surface area contributed by atoms with Crippen LogP contribution < -0.4 is 5.32 Å². The van der Waals surface area contributed by atoms with Gasteiger partial charge in [-0.05, 0) is 42.8 Å². The van der Waals surface area contributed by atoms with Gasteiger partial charge >= 0.3 is 0 Å². The number of pyridine rings is 1. The molecule has 1 N–H and O–H groups in total. The first kappa shape index (κ1) is 14.4. The lowest BCUT2D eigenvalue weighted by atomic mass is 10.1. The zero-order valence-electron chi connectivity index (χ0n) is 11.5. The molecule has 0 fully saturated rings. The average molecular weight is 362 g/mol. The standard InChI is InChI=1S/C17H14BrClN2/c1-11(12-5-2-3-7-14(12)18)21-16-9-8-15(19)13-6-4-10-20-17(13)16/h2-11,21H,1H3. The van der Waals surface area contributed by atoms with E-state index in [1.165, 1.54) is 5.56 Å². The van der Waals surface area contributed by atoms with E-state index in [-0.39, 0.29) is 6.04 Å². The second-order valence-corrected chi connectivity index (χ2v) is 6.14. The summed E-state index contributed by atoms with van der Waals surface area (Å²) in [6, 6.07) is 16.1. The molecule has 4 heteroatoms. The van der Waals surface area contributed by atoms with E-state index in [4.69, 9.17) is 11.6 Å². The molecular formula is C17H14BrClN2. The molecule has 0 bridgehead atoms. The normalized spacial score (nSPS) is 12.3. The fourth-order valence-corrected chi connectivity index (χ4v) is 3.24. The third-order valence-electron chi connectivity index (χ3n) is 3.46. The lowest BCUT2D eigenvalue weighted by Crippen LogP contribution is -2.08. The van der Waals surface area contributed by atoms with E-state index >= 15 is 0 Å². The molecule has 0 aliphatic rings. The highest BCUT2D eigenvalue weighted by molar-refractivity contribution is 9.10. The van der Waals surface area contributed by atoms with Gasteiger partial charge in [0.1, 0.15) is 0 Å². The van der Waals surface area contributed by atoms with E-state index in [2.05, 4.69) is 39.2 Å². The summed E-state index contributed by atoms with van der Waals surface area (Å²) in [5.74, 6) is 0. The Morgan fingerprint density at radius 2 is 1.90 bits per heavy atom. The summed E-state index contributed by atoms with van der Waals surface area (Å²) in [5.41, 5.74) is 3.08. The molecule has 0 spiro atoms. The molecule has 2 nitrogen and oxygen atoms in total. The number of halogens is 2. The lowest BCUT2D eigenvalue weighted by molar-refractivity contribution is 0.880. The van der Waals surface area contributed by atoms with Gasteiger partial charge in [0.15, 0.2) is 0 Å². The monoisotopic (exact) mass is 360 g/mol. The van der Waals surface area contributed by atoms with Crippen molar-refractivity contribution in [2.75, 3.05) is 5.32 Å². The van der Waals surface area contributed by atoms with Crippen molar-refractivity contribution >= 4 is 44.1 Å². The van der Waals surface area contributed by atoms with Crippen LogP contribution in [-0.4, -0.2) is 4.98 Å². The van der Waals surface area contributed by atoms with Crippen molar-refractivity contribution in [3.63, 3.8) is 0 Å². The zero-order valence-corrected chi connectivity index (χ0v) is 13.8.